The van der Waals surface area contributed by atoms with E-state index in [1.54, 1.807) is 5.57 Å². The van der Waals surface area contributed by atoms with Crippen molar-refractivity contribution in [3.63, 3.8) is 0 Å². The summed E-state index contributed by atoms with van der Waals surface area (Å²) in [6, 6.07) is 0. The third-order valence-electron chi connectivity index (χ3n) is 3.49. The average Bonchev–Trinajstić information content (AvgIpc) is 2.43. The van der Waals surface area contributed by atoms with Crippen molar-refractivity contribution in [2.45, 2.75) is 47.5 Å². The van der Waals surface area contributed by atoms with Gasteiger partial charge in [0.1, 0.15) is 0 Å². The zero-order valence-electron chi connectivity index (χ0n) is 13.3. The molecule has 0 fully saturated rings. The maximum Gasteiger partial charge on any atom is -0.0194 e. The second kappa shape index (κ2) is 10.6. The van der Waals surface area contributed by atoms with Crippen molar-refractivity contribution in [3.8, 4) is 0 Å². The summed E-state index contributed by atoms with van der Waals surface area (Å²) < 4.78 is 0. The van der Waals surface area contributed by atoms with Gasteiger partial charge in [-0.25, -0.2) is 0 Å². The highest BCUT2D eigenvalue weighted by atomic mass is 14.2. The summed E-state index contributed by atoms with van der Waals surface area (Å²) >= 11 is 0. The maximum absolute atomic E-state index is 3.67. The van der Waals surface area contributed by atoms with Crippen molar-refractivity contribution >= 4 is 0 Å². The molecule has 0 saturated carbocycles. The number of rotatable bonds is 5. The first-order valence-electron chi connectivity index (χ1n) is 7.46. The van der Waals surface area contributed by atoms with Crippen LogP contribution in [0.4, 0.5) is 0 Å². The van der Waals surface area contributed by atoms with Gasteiger partial charge in [-0.2, -0.15) is 0 Å². The van der Waals surface area contributed by atoms with Crippen molar-refractivity contribution < 1.29 is 0 Å². The molecule has 0 aromatic rings. The third-order valence-corrected chi connectivity index (χ3v) is 3.49. The Kier molecular flexibility index (Phi) is 9.88. The predicted molar refractivity (Wildman–Crippen MR) is 89.2 cm³/mol. The first-order chi connectivity index (χ1) is 9.15. The topological polar surface area (TPSA) is 0 Å². The summed E-state index contributed by atoms with van der Waals surface area (Å²) in [4.78, 5) is 0. The second-order valence-electron chi connectivity index (χ2n) is 4.94. The van der Waals surface area contributed by atoms with E-state index < -0.39 is 0 Å². The molecule has 0 nitrogen and oxygen atoms in total. The monoisotopic (exact) mass is 258 g/mol. The molecule has 19 heavy (non-hydrogen) atoms. The minimum Gasteiger partial charge on any atom is -0.0991 e. The number of hydrogen-bond donors (Lipinski definition) is 0. The van der Waals surface area contributed by atoms with E-state index in [0.717, 1.165) is 0 Å². The Hall–Kier alpha value is -1.30. The Bertz CT molecular complexity index is 363. The van der Waals surface area contributed by atoms with Gasteiger partial charge in [0.05, 0.1) is 0 Å². The summed E-state index contributed by atoms with van der Waals surface area (Å²) in [5.41, 5.74) is 3.02. The van der Waals surface area contributed by atoms with Crippen LogP contribution in [0.3, 0.4) is 0 Å². The van der Waals surface area contributed by atoms with Crippen LogP contribution in [0.5, 0.6) is 0 Å². The van der Waals surface area contributed by atoms with E-state index in [-0.39, 0.29) is 0 Å². The SMILES string of the molecule is C=C/C=C\C=C(/C)C(C)CC1=CC=CCC1C.CC. The molecule has 0 amide bonds. The van der Waals surface area contributed by atoms with Crippen molar-refractivity contribution in [2.75, 3.05) is 0 Å². The first kappa shape index (κ1) is 17.7. The van der Waals surface area contributed by atoms with Crippen molar-refractivity contribution in [1.29, 1.82) is 0 Å². The summed E-state index contributed by atoms with van der Waals surface area (Å²) in [5, 5.41) is 0. The molecule has 0 spiro atoms. The van der Waals surface area contributed by atoms with E-state index in [9.17, 15) is 0 Å². The molecule has 0 aromatic heterocycles. The Morgan fingerprint density at radius 3 is 2.68 bits per heavy atom. The molecule has 0 saturated heterocycles. The highest BCUT2D eigenvalue weighted by molar-refractivity contribution is 5.23. The van der Waals surface area contributed by atoms with Crippen LogP contribution in [0.2, 0.25) is 0 Å². The van der Waals surface area contributed by atoms with Crippen LogP contribution in [0.25, 0.3) is 0 Å². The highest BCUT2D eigenvalue weighted by Gasteiger charge is 2.13. The Labute approximate surface area is 120 Å². The Balaban J connectivity index is 0.00000154. The standard InChI is InChI=1S/C17H24.C2H6/c1-5-6-7-10-14(2)16(4)13-17-12-9-8-11-15(17)3;1-2/h5-10,12,15-16H,1,11,13H2,2-4H3;1-2H3/b7-6-,14-10+;. The molecule has 0 N–H and O–H groups in total. The molecule has 106 valence electrons. The van der Waals surface area contributed by atoms with Crippen LogP contribution in [0.15, 0.2) is 60.3 Å². The zero-order chi connectivity index (χ0) is 14.7. The van der Waals surface area contributed by atoms with Gasteiger partial charge in [-0.05, 0) is 31.6 Å². The van der Waals surface area contributed by atoms with Gasteiger partial charge in [-0.1, -0.05) is 88.0 Å². The fourth-order valence-corrected chi connectivity index (χ4v) is 2.02. The molecule has 0 radical (unpaired) electrons. The lowest BCUT2D eigenvalue weighted by atomic mass is 9.85. The lowest BCUT2D eigenvalue weighted by Crippen LogP contribution is -2.07. The van der Waals surface area contributed by atoms with E-state index in [1.807, 2.05) is 26.0 Å². The molecule has 1 aliphatic rings. The minimum absolute atomic E-state index is 0.615. The molecule has 2 unspecified atom stereocenters. The van der Waals surface area contributed by atoms with Crippen molar-refractivity contribution in [3.05, 3.63) is 60.3 Å². The maximum atomic E-state index is 3.67. The molecular formula is C19H30. The van der Waals surface area contributed by atoms with Gasteiger partial charge in [-0.15, -0.1) is 0 Å². The highest BCUT2D eigenvalue weighted by Crippen LogP contribution is 2.28. The summed E-state index contributed by atoms with van der Waals surface area (Å²) in [6.45, 7) is 14.5. The van der Waals surface area contributed by atoms with Crippen LogP contribution in [-0.4, -0.2) is 0 Å². The van der Waals surface area contributed by atoms with Gasteiger partial charge < -0.3 is 0 Å². The number of allylic oxidation sites excluding steroid dienone is 9. The zero-order valence-corrected chi connectivity index (χ0v) is 13.3. The van der Waals surface area contributed by atoms with E-state index in [1.165, 1.54) is 18.4 Å². The van der Waals surface area contributed by atoms with Crippen molar-refractivity contribution in [2.24, 2.45) is 11.8 Å². The van der Waals surface area contributed by atoms with E-state index in [0.29, 0.717) is 11.8 Å². The molecular weight excluding hydrogens is 228 g/mol. The average molecular weight is 258 g/mol. The first-order valence-corrected chi connectivity index (χ1v) is 7.46. The molecule has 0 aliphatic heterocycles. The third kappa shape index (κ3) is 7.00. The lowest BCUT2D eigenvalue weighted by molar-refractivity contribution is 0.579. The van der Waals surface area contributed by atoms with Gasteiger partial charge in [-0.3, -0.25) is 0 Å². The molecule has 0 heteroatoms. The lowest BCUT2D eigenvalue weighted by Gasteiger charge is -2.21. The molecule has 2 atom stereocenters. The largest absolute Gasteiger partial charge is 0.0991 e. The normalized spacial score (nSPS) is 20.6. The summed E-state index contributed by atoms with van der Waals surface area (Å²) in [5.74, 6) is 1.32. The van der Waals surface area contributed by atoms with Gasteiger partial charge >= 0.3 is 0 Å². The fourth-order valence-electron chi connectivity index (χ4n) is 2.02. The van der Waals surface area contributed by atoms with Gasteiger partial charge in [0, 0.05) is 0 Å². The smallest absolute Gasteiger partial charge is 0.0194 e. The molecule has 0 aromatic carbocycles. The van der Waals surface area contributed by atoms with Gasteiger partial charge in [0.25, 0.3) is 0 Å². The molecule has 1 aliphatic carbocycles. The van der Waals surface area contributed by atoms with Crippen LogP contribution >= 0.6 is 0 Å². The predicted octanol–water partition coefficient (Wildman–Crippen LogP) is 6.25. The van der Waals surface area contributed by atoms with Gasteiger partial charge in [0.2, 0.25) is 0 Å². The van der Waals surface area contributed by atoms with Crippen LogP contribution in [0.1, 0.15) is 47.5 Å². The quantitative estimate of drug-likeness (QED) is 0.511. The summed E-state index contributed by atoms with van der Waals surface area (Å²) in [6.07, 6.45) is 17.2. The molecule has 0 bridgehead atoms. The summed E-state index contributed by atoms with van der Waals surface area (Å²) in [7, 11) is 0. The Morgan fingerprint density at radius 1 is 1.42 bits per heavy atom. The van der Waals surface area contributed by atoms with Crippen molar-refractivity contribution in [1.82, 2.24) is 0 Å². The number of hydrogen-bond acceptors (Lipinski definition) is 0. The fraction of sp³-hybridized carbons (Fsp3) is 0.474. The van der Waals surface area contributed by atoms with E-state index in [4.69, 9.17) is 0 Å². The van der Waals surface area contributed by atoms with E-state index >= 15 is 0 Å². The Morgan fingerprint density at radius 2 is 2.11 bits per heavy atom. The minimum atomic E-state index is 0.615. The second-order valence-corrected chi connectivity index (χ2v) is 4.94. The van der Waals surface area contributed by atoms with Crippen LogP contribution < -0.4 is 0 Å². The van der Waals surface area contributed by atoms with Crippen LogP contribution in [0, 0.1) is 11.8 Å². The molecule has 0 heterocycles. The van der Waals surface area contributed by atoms with Crippen LogP contribution in [-0.2, 0) is 0 Å². The molecule has 1 rings (SSSR count). The van der Waals surface area contributed by atoms with E-state index in [2.05, 4.69) is 57.7 Å². The van der Waals surface area contributed by atoms with Gasteiger partial charge in [0.15, 0.2) is 0 Å².